The van der Waals surface area contributed by atoms with Crippen molar-refractivity contribution in [1.82, 2.24) is 10.9 Å². The number of aryl methyl sites for hydroxylation is 1. The predicted octanol–water partition coefficient (Wildman–Crippen LogP) is 2.00. The third-order valence-corrected chi connectivity index (χ3v) is 2.80. The maximum absolute atomic E-state index is 11.8. The molecule has 0 aromatic heterocycles. The molecule has 0 bridgehead atoms. The Morgan fingerprint density at radius 1 is 0.950 bits per heavy atom. The number of rotatable bonds is 3. The van der Waals surface area contributed by atoms with Crippen molar-refractivity contribution >= 4 is 11.8 Å². The van der Waals surface area contributed by atoms with Gasteiger partial charge in [-0.15, -0.1) is 0 Å². The van der Waals surface area contributed by atoms with Gasteiger partial charge < -0.3 is 0 Å². The number of hydrogen-bond acceptors (Lipinski definition) is 2. The zero-order valence-corrected chi connectivity index (χ0v) is 11.2. The third-order valence-electron chi connectivity index (χ3n) is 2.80. The van der Waals surface area contributed by atoms with Gasteiger partial charge in [0.05, 0.1) is 6.42 Å². The van der Waals surface area contributed by atoms with E-state index in [4.69, 9.17) is 0 Å². The fourth-order valence-corrected chi connectivity index (χ4v) is 1.81. The van der Waals surface area contributed by atoms with E-state index >= 15 is 0 Å². The fourth-order valence-electron chi connectivity index (χ4n) is 1.81. The van der Waals surface area contributed by atoms with Gasteiger partial charge in [-0.25, -0.2) is 0 Å². The molecule has 0 fully saturated rings. The number of carbonyl (C=O) groups excluding carboxylic acids is 2. The van der Waals surface area contributed by atoms with Crippen LogP contribution in [0.4, 0.5) is 0 Å². The second kappa shape index (κ2) is 6.52. The Labute approximate surface area is 117 Å². The number of benzene rings is 2. The third kappa shape index (κ3) is 3.95. The smallest absolute Gasteiger partial charge is 0.269 e. The van der Waals surface area contributed by atoms with Crippen molar-refractivity contribution in [2.45, 2.75) is 13.3 Å². The van der Waals surface area contributed by atoms with Crippen LogP contribution < -0.4 is 10.9 Å². The first-order chi connectivity index (χ1) is 9.65. The molecule has 4 heteroatoms. The van der Waals surface area contributed by atoms with Crippen LogP contribution in [-0.2, 0) is 11.2 Å². The minimum atomic E-state index is -0.324. The van der Waals surface area contributed by atoms with E-state index in [1.54, 1.807) is 18.2 Å². The molecular formula is C16H16N2O2. The first-order valence-electron chi connectivity index (χ1n) is 6.35. The average Bonchev–Trinajstić information content (AvgIpc) is 2.46. The van der Waals surface area contributed by atoms with E-state index in [-0.39, 0.29) is 18.2 Å². The van der Waals surface area contributed by atoms with Crippen LogP contribution in [-0.4, -0.2) is 11.8 Å². The Morgan fingerprint density at radius 3 is 2.40 bits per heavy atom. The minimum absolute atomic E-state index is 0.231. The molecule has 2 aromatic carbocycles. The standard InChI is InChI=1S/C16H16N2O2/c1-12-6-5-9-14(10-12)16(20)18-17-15(19)11-13-7-3-2-4-8-13/h2-10H,11H2,1H3,(H,17,19)(H,18,20). The van der Waals surface area contributed by atoms with Crippen molar-refractivity contribution in [2.75, 3.05) is 0 Å². The van der Waals surface area contributed by atoms with Crippen molar-refractivity contribution in [2.24, 2.45) is 0 Å². The molecule has 2 N–H and O–H groups in total. The van der Waals surface area contributed by atoms with Gasteiger partial charge in [0.1, 0.15) is 0 Å². The van der Waals surface area contributed by atoms with Gasteiger partial charge in [0.15, 0.2) is 0 Å². The van der Waals surface area contributed by atoms with Gasteiger partial charge in [0.2, 0.25) is 5.91 Å². The molecular weight excluding hydrogens is 252 g/mol. The molecule has 0 heterocycles. The van der Waals surface area contributed by atoms with E-state index in [0.29, 0.717) is 5.56 Å². The summed E-state index contributed by atoms with van der Waals surface area (Å²) in [7, 11) is 0. The lowest BCUT2D eigenvalue weighted by molar-refractivity contribution is -0.121. The van der Waals surface area contributed by atoms with E-state index in [9.17, 15) is 9.59 Å². The summed E-state index contributed by atoms with van der Waals surface area (Å²) in [6, 6.07) is 16.5. The maximum Gasteiger partial charge on any atom is 0.269 e. The van der Waals surface area contributed by atoms with Crippen molar-refractivity contribution in [3.63, 3.8) is 0 Å². The van der Waals surface area contributed by atoms with Gasteiger partial charge in [-0.2, -0.15) is 0 Å². The van der Waals surface area contributed by atoms with Crippen LogP contribution >= 0.6 is 0 Å². The van der Waals surface area contributed by atoms with Gasteiger partial charge >= 0.3 is 0 Å². The van der Waals surface area contributed by atoms with Crippen LogP contribution in [0.3, 0.4) is 0 Å². The topological polar surface area (TPSA) is 58.2 Å². The van der Waals surface area contributed by atoms with Crippen LogP contribution in [0.25, 0.3) is 0 Å². The quantitative estimate of drug-likeness (QED) is 0.836. The Bertz CT molecular complexity index is 609. The van der Waals surface area contributed by atoms with E-state index in [0.717, 1.165) is 11.1 Å². The Morgan fingerprint density at radius 2 is 1.70 bits per heavy atom. The van der Waals surface area contributed by atoms with Crippen LogP contribution in [0.15, 0.2) is 54.6 Å². The summed E-state index contributed by atoms with van der Waals surface area (Å²) in [6.45, 7) is 1.91. The number of amides is 2. The zero-order valence-electron chi connectivity index (χ0n) is 11.2. The summed E-state index contributed by atoms with van der Waals surface area (Å²) in [5.74, 6) is -0.577. The lowest BCUT2D eigenvalue weighted by Gasteiger charge is -2.07. The lowest BCUT2D eigenvalue weighted by atomic mass is 10.1. The van der Waals surface area contributed by atoms with Crippen LogP contribution in [0, 0.1) is 6.92 Å². The van der Waals surface area contributed by atoms with Gasteiger partial charge in [0, 0.05) is 5.56 Å². The number of hydrazine groups is 1. The molecule has 0 saturated carbocycles. The molecule has 2 amide bonds. The summed E-state index contributed by atoms with van der Waals surface area (Å²) in [5.41, 5.74) is 7.23. The van der Waals surface area contributed by atoms with Gasteiger partial charge in [-0.05, 0) is 24.6 Å². The molecule has 0 spiro atoms. The summed E-state index contributed by atoms with van der Waals surface area (Å²) in [4.78, 5) is 23.5. The molecule has 4 nitrogen and oxygen atoms in total. The second-order valence-corrected chi connectivity index (χ2v) is 4.53. The molecule has 0 aliphatic rings. The van der Waals surface area contributed by atoms with E-state index in [2.05, 4.69) is 10.9 Å². The van der Waals surface area contributed by atoms with Crippen LogP contribution in [0.2, 0.25) is 0 Å². The summed E-state index contributed by atoms with van der Waals surface area (Å²) in [5, 5.41) is 0. The minimum Gasteiger partial charge on any atom is -0.273 e. The first-order valence-corrected chi connectivity index (χ1v) is 6.35. The largest absolute Gasteiger partial charge is 0.273 e. The van der Waals surface area contributed by atoms with Crippen molar-refractivity contribution < 1.29 is 9.59 Å². The zero-order chi connectivity index (χ0) is 14.4. The molecule has 20 heavy (non-hydrogen) atoms. The van der Waals surface area contributed by atoms with E-state index < -0.39 is 0 Å². The van der Waals surface area contributed by atoms with Crippen LogP contribution in [0.1, 0.15) is 21.5 Å². The van der Waals surface area contributed by atoms with Crippen molar-refractivity contribution in [1.29, 1.82) is 0 Å². The Kier molecular flexibility index (Phi) is 4.50. The van der Waals surface area contributed by atoms with Gasteiger partial charge in [-0.1, -0.05) is 48.0 Å². The molecule has 2 aromatic rings. The lowest BCUT2D eigenvalue weighted by Crippen LogP contribution is -2.42. The molecule has 0 saturated heterocycles. The van der Waals surface area contributed by atoms with Gasteiger partial charge in [-0.3, -0.25) is 20.4 Å². The molecule has 0 unspecified atom stereocenters. The molecule has 0 radical (unpaired) electrons. The SMILES string of the molecule is Cc1cccc(C(=O)NNC(=O)Cc2ccccc2)c1. The monoisotopic (exact) mass is 268 g/mol. The normalized spacial score (nSPS) is 9.85. The molecule has 2 rings (SSSR count). The van der Waals surface area contributed by atoms with E-state index in [1.807, 2.05) is 43.3 Å². The second-order valence-electron chi connectivity index (χ2n) is 4.53. The number of hydrogen-bond donors (Lipinski definition) is 2. The number of nitrogens with one attached hydrogen (secondary N) is 2. The average molecular weight is 268 g/mol. The molecule has 0 aliphatic carbocycles. The summed E-state index contributed by atoms with van der Waals surface area (Å²) < 4.78 is 0. The highest BCUT2D eigenvalue weighted by Gasteiger charge is 2.07. The summed E-state index contributed by atoms with van der Waals surface area (Å²) in [6.07, 6.45) is 0.231. The van der Waals surface area contributed by atoms with E-state index in [1.165, 1.54) is 0 Å². The number of carbonyl (C=O) groups is 2. The molecule has 0 aliphatic heterocycles. The molecule has 0 atom stereocenters. The highest BCUT2D eigenvalue weighted by molar-refractivity contribution is 5.95. The van der Waals surface area contributed by atoms with Crippen molar-refractivity contribution in [3.05, 3.63) is 71.3 Å². The van der Waals surface area contributed by atoms with Gasteiger partial charge in [0.25, 0.3) is 5.91 Å². The predicted molar refractivity (Wildman–Crippen MR) is 76.9 cm³/mol. The fraction of sp³-hybridized carbons (Fsp3) is 0.125. The van der Waals surface area contributed by atoms with Crippen molar-refractivity contribution in [3.8, 4) is 0 Å². The first kappa shape index (κ1) is 13.8. The Balaban J connectivity index is 1.86. The summed E-state index contributed by atoms with van der Waals surface area (Å²) >= 11 is 0. The molecule has 102 valence electrons. The Hall–Kier alpha value is -2.62. The van der Waals surface area contributed by atoms with Crippen LogP contribution in [0.5, 0.6) is 0 Å². The highest BCUT2D eigenvalue weighted by atomic mass is 16.2. The maximum atomic E-state index is 11.8. The highest BCUT2D eigenvalue weighted by Crippen LogP contribution is 2.03.